The van der Waals surface area contributed by atoms with Gasteiger partial charge in [0.1, 0.15) is 0 Å². The smallest absolute Gasteiger partial charge is 0.220 e. The minimum atomic E-state index is 0.404. The molecule has 2 aliphatic rings. The normalized spacial score (nSPS) is 26.7. The molecule has 0 radical (unpaired) electrons. The summed E-state index contributed by atoms with van der Waals surface area (Å²) in [5, 5.41) is 0. The van der Waals surface area contributed by atoms with Crippen molar-refractivity contribution in [2.24, 2.45) is 0 Å². The molecule has 2 fully saturated rings. The van der Waals surface area contributed by atoms with E-state index in [1.54, 1.807) is 6.20 Å². The van der Waals surface area contributed by atoms with Gasteiger partial charge in [0.25, 0.3) is 0 Å². The lowest BCUT2D eigenvalue weighted by Gasteiger charge is -2.23. The van der Waals surface area contributed by atoms with Gasteiger partial charge in [-0.2, -0.15) is 0 Å². The molecule has 92 valence electrons. The highest BCUT2D eigenvalue weighted by Crippen LogP contribution is 2.32. The first-order valence-electron chi connectivity index (χ1n) is 6.65. The largest absolute Gasteiger partial charge is 0.368 e. The Morgan fingerprint density at radius 1 is 1.24 bits per heavy atom. The van der Waals surface area contributed by atoms with Crippen LogP contribution in [0.2, 0.25) is 0 Å². The maximum absolute atomic E-state index is 5.65. The summed E-state index contributed by atoms with van der Waals surface area (Å²) in [5.74, 6) is 0.961. The highest BCUT2D eigenvalue weighted by Gasteiger charge is 2.31. The van der Waals surface area contributed by atoms with Gasteiger partial charge in [-0.05, 0) is 31.9 Å². The molecule has 1 aromatic rings. The first kappa shape index (κ1) is 11.0. The van der Waals surface area contributed by atoms with Crippen molar-refractivity contribution in [3.63, 3.8) is 0 Å². The molecule has 17 heavy (non-hydrogen) atoms. The molecule has 4 heteroatoms. The average molecular weight is 232 g/mol. The van der Waals surface area contributed by atoms with E-state index in [2.05, 4.69) is 14.9 Å². The van der Waals surface area contributed by atoms with Crippen molar-refractivity contribution < 1.29 is 0 Å². The van der Waals surface area contributed by atoms with Crippen molar-refractivity contribution in [2.45, 2.75) is 44.1 Å². The number of hydrogen-bond donors (Lipinski definition) is 1. The zero-order valence-electron chi connectivity index (χ0n) is 10.2. The van der Waals surface area contributed by atoms with Crippen LogP contribution in [-0.4, -0.2) is 34.0 Å². The fraction of sp³-hybridized carbons (Fsp3) is 0.692. The third-order valence-electron chi connectivity index (χ3n) is 4.17. The molecule has 4 nitrogen and oxygen atoms in total. The second kappa shape index (κ2) is 4.61. The van der Waals surface area contributed by atoms with Gasteiger partial charge in [-0.1, -0.05) is 12.8 Å². The van der Waals surface area contributed by atoms with Crippen LogP contribution in [0, 0.1) is 0 Å². The molecule has 1 saturated heterocycles. The Bertz CT molecular complexity index is 387. The summed E-state index contributed by atoms with van der Waals surface area (Å²) in [6, 6.07) is 2.85. The molecule has 0 amide bonds. The van der Waals surface area contributed by atoms with E-state index in [1.807, 2.05) is 6.07 Å². The van der Waals surface area contributed by atoms with Gasteiger partial charge in [-0.3, -0.25) is 4.90 Å². The van der Waals surface area contributed by atoms with Gasteiger partial charge in [-0.15, -0.1) is 0 Å². The number of rotatable bonds is 2. The van der Waals surface area contributed by atoms with Crippen molar-refractivity contribution in [3.8, 4) is 0 Å². The lowest BCUT2D eigenvalue weighted by Crippen LogP contribution is -2.30. The molecular formula is C13H20N4. The zero-order chi connectivity index (χ0) is 11.7. The molecule has 1 aliphatic heterocycles. The van der Waals surface area contributed by atoms with Crippen molar-refractivity contribution >= 4 is 5.95 Å². The fourth-order valence-corrected chi connectivity index (χ4v) is 3.25. The number of aromatic nitrogens is 2. The molecule has 0 spiro atoms. The third-order valence-corrected chi connectivity index (χ3v) is 4.17. The molecule has 1 aliphatic carbocycles. The topological polar surface area (TPSA) is 55.0 Å². The Morgan fingerprint density at radius 3 is 2.82 bits per heavy atom. The van der Waals surface area contributed by atoms with Gasteiger partial charge >= 0.3 is 0 Å². The van der Waals surface area contributed by atoms with E-state index in [1.165, 1.54) is 38.6 Å². The summed E-state index contributed by atoms with van der Waals surface area (Å²) in [5.41, 5.74) is 6.77. The SMILES string of the molecule is Nc1nccc(C2CCN(C3CCCC3)C2)n1. The summed E-state index contributed by atoms with van der Waals surface area (Å²) < 4.78 is 0. The van der Waals surface area contributed by atoms with Crippen LogP contribution in [0.4, 0.5) is 5.95 Å². The molecule has 0 bridgehead atoms. The van der Waals surface area contributed by atoms with Crippen LogP contribution in [0.1, 0.15) is 43.7 Å². The number of nitrogen functional groups attached to an aromatic ring is 1. The van der Waals surface area contributed by atoms with Gasteiger partial charge in [0.05, 0.1) is 5.69 Å². The molecule has 1 aromatic heterocycles. The van der Waals surface area contributed by atoms with Crippen LogP contribution in [-0.2, 0) is 0 Å². The summed E-state index contributed by atoms with van der Waals surface area (Å²) in [4.78, 5) is 11.0. The van der Waals surface area contributed by atoms with Crippen molar-refractivity contribution in [2.75, 3.05) is 18.8 Å². The molecule has 3 rings (SSSR count). The van der Waals surface area contributed by atoms with Gasteiger partial charge in [0, 0.05) is 24.7 Å². The number of likely N-dealkylation sites (tertiary alicyclic amines) is 1. The standard InChI is InChI=1S/C13H20N4/c14-13-15-7-5-12(16-13)10-6-8-17(9-10)11-3-1-2-4-11/h5,7,10-11H,1-4,6,8-9H2,(H2,14,15,16). The van der Waals surface area contributed by atoms with Crippen LogP contribution in [0.5, 0.6) is 0 Å². The number of nitrogens with zero attached hydrogens (tertiary/aromatic N) is 3. The lowest BCUT2D eigenvalue weighted by atomic mass is 10.1. The molecule has 1 atom stereocenters. The number of anilines is 1. The minimum Gasteiger partial charge on any atom is -0.368 e. The van der Waals surface area contributed by atoms with Crippen LogP contribution in [0.15, 0.2) is 12.3 Å². The predicted octanol–water partition coefficient (Wildman–Crippen LogP) is 1.79. The van der Waals surface area contributed by atoms with Crippen LogP contribution in [0.3, 0.4) is 0 Å². The predicted molar refractivity (Wildman–Crippen MR) is 67.6 cm³/mol. The van der Waals surface area contributed by atoms with Gasteiger partial charge in [0.15, 0.2) is 0 Å². The maximum Gasteiger partial charge on any atom is 0.220 e. The van der Waals surface area contributed by atoms with Gasteiger partial charge < -0.3 is 5.73 Å². The van der Waals surface area contributed by atoms with E-state index in [4.69, 9.17) is 5.73 Å². The molecule has 2 heterocycles. The van der Waals surface area contributed by atoms with Crippen molar-refractivity contribution in [1.29, 1.82) is 0 Å². The van der Waals surface area contributed by atoms with Crippen LogP contribution < -0.4 is 5.73 Å². The Labute approximate surface area is 102 Å². The van der Waals surface area contributed by atoms with E-state index in [0.717, 1.165) is 18.3 Å². The molecule has 1 unspecified atom stereocenters. The summed E-state index contributed by atoms with van der Waals surface area (Å²) in [6.45, 7) is 2.38. The van der Waals surface area contributed by atoms with E-state index < -0.39 is 0 Å². The maximum atomic E-state index is 5.65. The average Bonchev–Trinajstić information content (AvgIpc) is 3.00. The lowest BCUT2D eigenvalue weighted by molar-refractivity contribution is 0.243. The zero-order valence-corrected chi connectivity index (χ0v) is 10.2. The quantitative estimate of drug-likeness (QED) is 0.844. The summed E-state index contributed by atoms with van der Waals surface area (Å²) in [6.07, 6.45) is 8.58. The highest BCUT2D eigenvalue weighted by atomic mass is 15.2. The monoisotopic (exact) mass is 232 g/mol. The first-order chi connectivity index (χ1) is 8.33. The Morgan fingerprint density at radius 2 is 2.06 bits per heavy atom. The summed E-state index contributed by atoms with van der Waals surface area (Å²) in [7, 11) is 0. The summed E-state index contributed by atoms with van der Waals surface area (Å²) >= 11 is 0. The Kier molecular flexibility index (Phi) is 2.97. The molecular weight excluding hydrogens is 212 g/mol. The second-order valence-electron chi connectivity index (χ2n) is 5.26. The Balaban J connectivity index is 1.67. The van der Waals surface area contributed by atoms with E-state index in [-0.39, 0.29) is 0 Å². The third kappa shape index (κ3) is 2.27. The van der Waals surface area contributed by atoms with Crippen LogP contribution in [0.25, 0.3) is 0 Å². The van der Waals surface area contributed by atoms with Crippen molar-refractivity contribution in [3.05, 3.63) is 18.0 Å². The number of hydrogen-bond acceptors (Lipinski definition) is 4. The first-order valence-corrected chi connectivity index (χ1v) is 6.65. The highest BCUT2D eigenvalue weighted by molar-refractivity contribution is 5.20. The minimum absolute atomic E-state index is 0.404. The van der Waals surface area contributed by atoms with E-state index in [9.17, 15) is 0 Å². The van der Waals surface area contributed by atoms with Crippen LogP contribution >= 0.6 is 0 Å². The van der Waals surface area contributed by atoms with Gasteiger partial charge in [0.2, 0.25) is 5.95 Å². The van der Waals surface area contributed by atoms with E-state index in [0.29, 0.717) is 11.9 Å². The fourth-order valence-electron chi connectivity index (χ4n) is 3.25. The molecule has 0 aromatic carbocycles. The number of nitrogens with two attached hydrogens (primary N) is 1. The second-order valence-corrected chi connectivity index (χ2v) is 5.26. The molecule has 1 saturated carbocycles. The van der Waals surface area contributed by atoms with E-state index >= 15 is 0 Å². The molecule has 2 N–H and O–H groups in total. The van der Waals surface area contributed by atoms with Crippen molar-refractivity contribution in [1.82, 2.24) is 14.9 Å². The Hall–Kier alpha value is -1.16. The van der Waals surface area contributed by atoms with Gasteiger partial charge in [-0.25, -0.2) is 9.97 Å².